The van der Waals surface area contributed by atoms with Gasteiger partial charge in [-0.3, -0.25) is 24.4 Å². The van der Waals surface area contributed by atoms with Crippen LogP contribution in [0.25, 0.3) is 0 Å². The molecule has 7 heteroatoms. The lowest BCUT2D eigenvalue weighted by molar-refractivity contribution is -0.135. The van der Waals surface area contributed by atoms with E-state index in [1.807, 2.05) is 29.4 Å². The summed E-state index contributed by atoms with van der Waals surface area (Å²) in [7, 11) is 2.17. The van der Waals surface area contributed by atoms with Crippen LogP contribution in [0.2, 0.25) is 0 Å². The van der Waals surface area contributed by atoms with E-state index in [-0.39, 0.29) is 23.4 Å². The van der Waals surface area contributed by atoms with Crippen molar-refractivity contribution in [2.75, 3.05) is 26.7 Å². The standard InChI is InChI=1S/C23H33N5O2/c1-26(18-3-2-4-18)19-13-20-22(30)25-23(14-21(29)28(20)16-19)7-11-27(12-8-23)15-17-5-9-24-10-6-17/h5-6,9-10,18-20H,2-4,7-8,11-16H2,1H3,(H,25,30)/t19-,20-/m0/s1. The molecule has 1 saturated carbocycles. The van der Waals surface area contributed by atoms with Crippen molar-refractivity contribution in [1.29, 1.82) is 0 Å². The Balaban J connectivity index is 1.22. The van der Waals surface area contributed by atoms with Crippen LogP contribution < -0.4 is 5.32 Å². The molecule has 0 bridgehead atoms. The monoisotopic (exact) mass is 411 g/mol. The Bertz CT molecular complexity index is 760. The van der Waals surface area contributed by atoms with Crippen molar-refractivity contribution in [2.45, 2.75) is 75.2 Å². The molecule has 1 N–H and O–H groups in total. The maximum atomic E-state index is 13.2. The molecule has 5 rings (SSSR count). The molecule has 162 valence electrons. The number of rotatable bonds is 4. The summed E-state index contributed by atoms with van der Waals surface area (Å²) in [4.78, 5) is 37.2. The first kappa shape index (κ1) is 19.9. The maximum Gasteiger partial charge on any atom is 0.243 e. The Morgan fingerprint density at radius 3 is 2.57 bits per heavy atom. The third-order valence-electron chi connectivity index (χ3n) is 7.98. The van der Waals surface area contributed by atoms with Crippen molar-refractivity contribution >= 4 is 11.8 Å². The highest BCUT2D eigenvalue weighted by atomic mass is 16.2. The fourth-order valence-corrected chi connectivity index (χ4v) is 5.69. The molecular formula is C23H33N5O2. The van der Waals surface area contributed by atoms with Gasteiger partial charge in [-0.25, -0.2) is 0 Å². The van der Waals surface area contributed by atoms with E-state index in [9.17, 15) is 9.59 Å². The number of aromatic nitrogens is 1. The van der Waals surface area contributed by atoms with Crippen LogP contribution in [-0.2, 0) is 16.1 Å². The number of likely N-dealkylation sites (tertiary alicyclic amines) is 1. The SMILES string of the molecule is CN(C1CCC1)[C@H]1C[C@H]2C(=O)NC3(CCN(Cc4ccncc4)CC3)CC(=O)N2C1. The fraction of sp³-hybridized carbons (Fsp3) is 0.696. The van der Waals surface area contributed by atoms with Crippen molar-refractivity contribution in [3.63, 3.8) is 0 Å². The quantitative estimate of drug-likeness (QED) is 0.811. The van der Waals surface area contributed by atoms with Gasteiger partial charge in [-0.05, 0) is 56.8 Å². The second kappa shape index (κ2) is 7.93. The topological polar surface area (TPSA) is 68.8 Å². The van der Waals surface area contributed by atoms with E-state index in [2.05, 4.69) is 27.1 Å². The summed E-state index contributed by atoms with van der Waals surface area (Å²) in [6.07, 6.45) is 10.3. The number of hydrogen-bond acceptors (Lipinski definition) is 5. The number of amides is 2. The van der Waals surface area contributed by atoms with Gasteiger partial charge in [0.1, 0.15) is 6.04 Å². The zero-order chi connectivity index (χ0) is 20.7. The number of carbonyl (C=O) groups excluding carboxylic acids is 2. The van der Waals surface area contributed by atoms with Gasteiger partial charge in [-0.2, -0.15) is 0 Å². The Labute approximate surface area is 178 Å². The molecule has 1 aromatic rings. The molecule has 3 aliphatic heterocycles. The Kier molecular flexibility index (Phi) is 5.27. The predicted octanol–water partition coefficient (Wildman–Crippen LogP) is 1.39. The molecule has 2 atom stereocenters. The lowest BCUT2D eigenvalue weighted by Gasteiger charge is -2.41. The third kappa shape index (κ3) is 3.73. The number of nitrogens with zero attached hydrogens (tertiary/aromatic N) is 4. The highest BCUT2D eigenvalue weighted by Gasteiger charge is 2.50. The van der Waals surface area contributed by atoms with Gasteiger partial charge in [0.15, 0.2) is 0 Å². The minimum absolute atomic E-state index is 0.0629. The van der Waals surface area contributed by atoms with Crippen molar-refractivity contribution in [1.82, 2.24) is 25.0 Å². The molecule has 4 fully saturated rings. The summed E-state index contributed by atoms with van der Waals surface area (Å²) in [6, 6.07) is 4.75. The molecule has 4 aliphatic rings. The molecule has 1 aliphatic carbocycles. The van der Waals surface area contributed by atoms with E-state index in [0.29, 0.717) is 25.0 Å². The third-order valence-corrected chi connectivity index (χ3v) is 7.98. The minimum Gasteiger partial charge on any atom is -0.348 e. The van der Waals surface area contributed by atoms with Crippen LogP contribution in [0.4, 0.5) is 0 Å². The van der Waals surface area contributed by atoms with Gasteiger partial charge in [0.25, 0.3) is 0 Å². The average Bonchev–Trinajstić information content (AvgIpc) is 3.12. The molecule has 0 unspecified atom stereocenters. The zero-order valence-corrected chi connectivity index (χ0v) is 17.9. The Morgan fingerprint density at radius 2 is 1.90 bits per heavy atom. The number of nitrogens with one attached hydrogen (secondary N) is 1. The van der Waals surface area contributed by atoms with Crippen LogP contribution >= 0.6 is 0 Å². The zero-order valence-electron chi connectivity index (χ0n) is 17.9. The summed E-state index contributed by atoms with van der Waals surface area (Å²) in [5.74, 6) is 0.221. The number of pyridine rings is 1. The maximum absolute atomic E-state index is 13.2. The van der Waals surface area contributed by atoms with Gasteiger partial charge < -0.3 is 10.2 Å². The van der Waals surface area contributed by atoms with Crippen molar-refractivity contribution in [3.8, 4) is 0 Å². The first-order valence-electron chi connectivity index (χ1n) is 11.5. The van der Waals surface area contributed by atoms with Gasteiger partial charge in [0.2, 0.25) is 11.8 Å². The van der Waals surface area contributed by atoms with Crippen LogP contribution in [0.1, 0.15) is 50.5 Å². The molecule has 1 aromatic heterocycles. The Hall–Kier alpha value is -1.99. The van der Waals surface area contributed by atoms with E-state index in [1.165, 1.54) is 24.8 Å². The summed E-state index contributed by atoms with van der Waals surface area (Å²) < 4.78 is 0. The van der Waals surface area contributed by atoms with E-state index in [1.54, 1.807) is 0 Å². The minimum atomic E-state index is -0.372. The summed E-state index contributed by atoms with van der Waals surface area (Å²) in [5, 5.41) is 3.34. The van der Waals surface area contributed by atoms with E-state index in [0.717, 1.165) is 38.9 Å². The predicted molar refractivity (Wildman–Crippen MR) is 114 cm³/mol. The van der Waals surface area contributed by atoms with Crippen LogP contribution in [0.5, 0.6) is 0 Å². The molecule has 2 amide bonds. The van der Waals surface area contributed by atoms with Crippen molar-refractivity contribution < 1.29 is 9.59 Å². The highest BCUT2D eigenvalue weighted by molar-refractivity contribution is 5.92. The molecule has 0 radical (unpaired) electrons. The second-order valence-corrected chi connectivity index (χ2v) is 9.78. The number of fused-ring (bicyclic) bond motifs is 1. The number of hydrogen-bond donors (Lipinski definition) is 1. The van der Waals surface area contributed by atoms with Crippen molar-refractivity contribution in [3.05, 3.63) is 30.1 Å². The van der Waals surface area contributed by atoms with Crippen LogP contribution in [0.3, 0.4) is 0 Å². The lowest BCUT2D eigenvalue weighted by Crippen LogP contribution is -2.56. The fourth-order valence-electron chi connectivity index (χ4n) is 5.69. The van der Waals surface area contributed by atoms with Crippen LogP contribution in [-0.4, -0.2) is 81.8 Å². The van der Waals surface area contributed by atoms with Crippen LogP contribution in [0, 0.1) is 0 Å². The largest absolute Gasteiger partial charge is 0.348 e. The van der Waals surface area contributed by atoms with Gasteiger partial charge >= 0.3 is 0 Å². The van der Waals surface area contributed by atoms with Gasteiger partial charge in [-0.1, -0.05) is 6.42 Å². The molecular weight excluding hydrogens is 378 g/mol. The average molecular weight is 412 g/mol. The number of piperidine rings is 1. The normalized spacial score (nSPS) is 29.6. The van der Waals surface area contributed by atoms with Gasteiger partial charge in [-0.15, -0.1) is 0 Å². The van der Waals surface area contributed by atoms with Crippen molar-refractivity contribution in [2.24, 2.45) is 0 Å². The summed E-state index contributed by atoms with van der Waals surface area (Å²) in [5.41, 5.74) is 0.881. The second-order valence-electron chi connectivity index (χ2n) is 9.78. The van der Waals surface area contributed by atoms with Gasteiger partial charge in [0.05, 0.1) is 12.0 Å². The number of carbonyl (C=O) groups is 2. The summed E-state index contributed by atoms with van der Waals surface area (Å²) in [6.45, 7) is 3.39. The molecule has 7 nitrogen and oxygen atoms in total. The molecule has 30 heavy (non-hydrogen) atoms. The summed E-state index contributed by atoms with van der Waals surface area (Å²) >= 11 is 0. The Morgan fingerprint density at radius 1 is 1.17 bits per heavy atom. The van der Waals surface area contributed by atoms with Crippen LogP contribution in [0.15, 0.2) is 24.5 Å². The van der Waals surface area contributed by atoms with E-state index in [4.69, 9.17) is 0 Å². The molecule has 1 spiro atoms. The first-order valence-corrected chi connectivity index (χ1v) is 11.5. The molecule has 0 aromatic carbocycles. The lowest BCUT2D eigenvalue weighted by atomic mass is 9.83. The number of likely N-dealkylation sites (N-methyl/N-ethyl adjacent to an activating group) is 1. The highest BCUT2D eigenvalue weighted by Crippen LogP contribution is 2.35. The smallest absolute Gasteiger partial charge is 0.243 e. The van der Waals surface area contributed by atoms with E-state index >= 15 is 0 Å². The first-order chi connectivity index (χ1) is 14.5. The van der Waals surface area contributed by atoms with E-state index < -0.39 is 0 Å². The molecule has 4 heterocycles. The van der Waals surface area contributed by atoms with Gasteiger partial charge in [0, 0.05) is 50.7 Å². The molecule has 3 saturated heterocycles.